The number of amides is 1. The van der Waals surface area contributed by atoms with E-state index in [1.807, 2.05) is 35.0 Å². The molecule has 1 fully saturated rings. The summed E-state index contributed by atoms with van der Waals surface area (Å²) in [6.45, 7) is 4.71. The average molecular weight is 482 g/mol. The van der Waals surface area contributed by atoms with Crippen molar-refractivity contribution in [2.45, 2.75) is 13.0 Å². The standard InChI is InChI=1S/C24H25ClFN7O/c1-15-13-32(10-9-27-15)21-8-7-16(11-19(21)26)29-24-28-12-17-22(30-24)31(2)14-33(23(17)34)20-6-4-3-5-18(20)25/h3-8,11-12,15,27H,9-10,13-14H2,1-2H3,(H,28,29,30). The van der Waals surface area contributed by atoms with E-state index in [4.69, 9.17) is 11.6 Å². The number of nitrogens with one attached hydrogen (secondary N) is 2. The predicted molar refractivity (Wildman–Crippen MR) is 133 cm³/mol. The van der Waals surface area contributed by atoms with Crippen molar-refractivity contribution in [1.82, 2.24) is 15.3 Å². The molecule has 34 heavy (non-hydrogen) atoms. The Morgan fingerprint density at radius 2 is 2.03 bits per heavy atom. The van der Waals surface area contributed by atoms with Gasteiger partial charge in [0.2, 0.25) is 5.95 Å². The number of nitrogens with zero attached hydrogens (tertiary/aromatic N) is 5. The Kier molecular flexibility index (Phi) is 5.97. The molecule has 176 valence electrons. The third-order valence-electron chi connectivity index (χ3n) is 6.02. The van der Waals surface area contributed by atoms with Gasteiger partial charge < -0.3 is 20.4 Å². The first-order chi connectivity index (χ1) is 16.4. The number of fused-ring (bicyclic) bond motifs is 1. The Hall–Kier alpha value is -3.43. The minimum atomic E-state index is -0.306. The lowest BCUT2D eigenvalue weighted by Gasteiger charge is -2.35. The van der Waals surface area contributed by atoms with Gasteiger partial charge in [-0.15, -0.1) is 0 Å². The fourth-order valence-corrected chi connectivity index (χ4v) is 4.58. The second kappa shape index (κ2) is 9.08. The normalized spacial score (nSPS) is 18.2. The van der Waals surface area contributed by atoms with E-state index >= 15 is 0 Å². The van der Waals surface area contributed by atoms with Gasteiger partial charge in [-0.1, -0.05) is 23.7 Å². The molecule has 8 nitrogen and oxygen atoms in total. The summed E-state index contributed by atoms with van der Waals surface area (Å²) in [4.78, 5) is 27.4. The van der Waals surface area contributed by atoms with E-state index in [-0.39, 0.29) is 17.7 Å². The number of hydrogen-bond acceptors (Lipinski definition) is 7. The molecular formula is C24H25ClFN7O. The monoisotopic (exact) mass is 481 g/mol. The molecule has 0 aliphatic carbocycles. The van der Waals surface area contributed by atoms with Crippen LogP contribution in [-0.2, 0) is 0 Å². The van der Waals surface area contributed by atoms with Crippen LogP contribution in [0.5, 0.6) is 0 Å². The topological polar surface area (TPSA) is 76.6 Å². The zero-order chi connectivity index (χ0) is 23.8. The maximum atomic E-state index is 14.9. The summed E-state index contributed by atoms with van der Waals surface area (Å²) in [7, 11) is 1.84. The Morgan fingerprint density at radius 1 is 1.21 bits per heavy atom. The lowest BCUT2D eigenvalue weighted by Crippen LogP contribution is -2.49. The molecule has 10 heteroatoms. The second-order valence-corrected chi connectivity index (χ2v) is 8.95. The third-order valence-corrected chi connectivity index (χ3v) is 6.34. The lowest BCUT2D eigenvalue weighted by molar-refractivity contribution is 0.0982. The zero-order valence-electron chi connectivity index (χ0n) is 18.9. The number of halogens is 2. The number of carbonyl (C=O) groups is 1. The van der Waals surface area contributed by atoms with Gasteiger partial charge in [0.1, 0.15) is 17.2 Å². The van der Waals surface area contributed by atoms with Gasteiger partial charge in [0.05, 0.1) is 23.1 Å². The largest absolute Gasteiger partial charge is 0.366 e. The average Bonchev–Trinajstić information content (AvgIpc) is 2.82. The minimum Gasteiger partial charge on any atom is -0.366 e. The van der Waals surface area contributed by atoms with Gasteiger partial charge in [-0.05, 0) is 37.3 Å². The van der Waals surface area contributed by atoms with E-state index in [2.05, 4.69) is 27.5 Å². The van der Waals surface area contributed by atoms with Gasteiger partial charge in [0.15, 0.2) is 0 Å². The van der Waals surface area contributed by atoms with Crippen molar-refractivity contribution in [3.8, 4) is 0 Å². The van der Waals surface area contributed by atoms with Crippen LogP contribution in [0.25, 0.3) is 0 Å². The number of rotatable bonds is 4. The number of piperazine rings is 1. The Balaban J connectivity index is 1.36. The molecule has 0 radical (unpaired) electrons. The summed E-state index contributed by atoms with van der Waals surface area (Å²) in [5.41, 5.74) is 2.11. The molecule has 5 rings (SSSR count). The second-order valence-electron chi connectivity index (χ2n) is 8.55. The molecule has 2 aromatic carbocycles. The van der Waals surface area contributed by atoms with Crippen molar-refractivity contribution in [2.24, 2.45) is 0 Å². The van der Waals surface area contributed by atoms with Crippen LogP contribution in [0.1, 0.15) is 17.3 Å². The van der Waals surface area contributed by atoms with Crippen LogP contribution >= 0.6 is 11.6 Å². The third kappa shape index (κ3) is 4.24. The highest BCUT2D eigenvalue weighted by atomic mass is 35.5. The van der Waals surface area contributed by atoms with E-state index in [9.17, 15) is 9.18 Å². The number of para-hydroxylation sites is 1. The molecule has 2 aliphatic heterocycles. The highest BCUT2D eigenvalue weighted by Crippen LogP contribution is 2.33. The quantitative estimate of drug-likeness (QED) is 0.586. The first kappa shape index (κ1) is 22.4. The van der Waals surface area contributed by atoms with E-state index in [1.54, 1.807) is 23.1 Å². The molecule has 2 N–H and O–H groups in total. The molecule has 0 saturated carbocycles. The summed E-state index contributed by atoms with van der Waals surface area (Å²) < 4.78 is 14.9. The molecule has 3 aromatic rings. The summed E-state index contributed by atoms with van der Waals surface area (Å²) in [6.07, 6.45) is 1.49. The number of anilines is 5. The SMILES string of the molecule is CC1CN(c2ccc(Nc3ncc4c(n3)N(C)CN(c3ccccc3Cl)C4=O)cc2F)CCN1. The molecule has 0 spiro atoms. The van der Waals surface area contributed by atoms with Crippen molar-refractivity contribution in [1.29, 1.82) is 0 Å². The van der Waals surface area contributed by atoms with Gasteiger partial charge in [-0.3, -0.25) is 9.69 Å². The van der Waals surface area contributed by atoms with Gasteiger partial charge >= 0.3 is 0 Å². The van der Waals surface area contributed by atoms with Crippen molar-refractivity contribution in [3.63, 3.8) is 0 Å². The van der Waals surface area contributed by atoms with Gasteiger partial charge in [0.25, 0.3) is 5.91 Å². The first-order valence-electron chi connectivity index (χ1n) is 11.1. The van der Waals surface area contributed by atoms with Crippen LogP contribution in [0.15, 0.2) is 48.7 Å². The minimum absolute atomic E-state index is 0.228. The number of aromatic nitrogens is 2. The van der Waals surface area contributed by atoms with Gasteiger partial charge in [0, 0.05) is 44.6 Å². The van der Waals surface area contributed by atoms with E-state index < -0.39 is 0 Å². The summed E-state index contributed by atoms with van der Waals surface area (Å²) in [5, 5.41) is 6.91. The zero-order valence-corrected chi connectivity index (χ0v) is 19.7. The molecule has 1 saturated heterocycles. The van der Waals surface area contributed by atoms with Crippen LogP contribution in [0.4, 0.5) is 33.2 Å². The van der Waals surface area contributed by atoms with Gasteiger partial charge in [-0.2, -0.15) is 4.98 Å². The Labute approximate surface area is 202 Å². The van der Waals surface area contributed by atoms with Crippen LogP contribution in [-0.4, -0.2) is 55.3 Å². The smallest absolute Gasteiger partial charge is 0.265 e. The number of carbonyl (C=O) groups excluding carboxylic acids is 1. The summed E-state index contributed by atoms with van der Waals surface area (Å²) >= 11 is 6.30. The van der Waals surface area contributed by atoms with E-state index in [0.29, 0.717) is 46.2 Å². The molecule has 1 amide bonds. The van der Waals surface area contributed by atoms with E-state index in [0.717, 1.165) is 19.6 Å². The van der Waals surface area contributed by atoms with Crippen LogP contribution in [0.2, 0.25) is 5.02 Å². The van der Waals surface area contributed by atoms with Crippen LogP contribution in [0, 0.1) is 5.82 Å². The van der Waals surface area contributed by atoms with E-state index in [1.165, 1.54) is 12.3 Å². The van der Waals surface area contributed by atoms with Gasteiger partial charge in [-0.25, -0.2) is 9.37 Å². The van der Waals surface area contributed by atoms with Crippen molar-refractivity contribution >= 4 is 46.3 Å². The lowest BCUT2D eigenvalue weighted by atomic mass is 10.2. The first-order valence-corrected chi connectivity index (χ1v) is 11.5. The molecule has 1 unspecified atom stereocenters. The number of hydrogen-bond donors (Lipinski definition) is 2. The maximum absolute atomic E-state index is 14.9. The molecule has 2 aliphatic rings. The Bertz CT molecular complexity index is 1240. The highest BCUT2D eigenvalue weighted by Gasteiger charge is 2.31. The molecule has 3 heterocycles. The molecular weight excluding hydrogens is 457 g/mol. The molecule has 0 bridgehead atoms. The summed E-state index contributed by atoms with van der Waals surface area (Å²) in [5.74, 6) is 0.248. The molecule has 1 aromatic heterocycles. The maximum Gasteiger partial charge on any atom is 0.265 e. The number of benzene rings is 2. The van der Waals surface area contributed by atoms with Crippen LogP contribution in [0.3, 0.4) is 0 Å². The van der Waals surface area contributed by atoms with Crippen LogP contribution < -0.4 is 25.3 Å². The van der Waals surface area contributed by atoms with Crippen molar-refractivity contribution in [3.05, 3.63) is 65.1 Å². The highest BCUT2D eigenvalue weighted by molar-refractivity contribution is 6.34. The van der Waals surface area contributed by atoms with Crippen molar-refractivity contribution < 1.29 is 9.18 Å². The Morgan fingerprint density at radius 3 is 2.79 bits per heavy atom. The fourth-order valence-electron chi connectivity index (χ4n) is 4.34. The molecule has 1 atom stereocenters. The predicted octanol–water partition coefficient (Wildman–Crippen LogP) is 3.86. The van der Waals surface area contributed by atoms with Crippen molar-refractivity contribution in [2.75, 3.05) is 53.4 Å². The summed E-state index contributed by atoms with van der Waals surface area (Å²) in [6, 6.07) is 12.5. The fraction of sp³-hybridized carbons (Fsp3) is 0.292.